The van der Waals surface area contributed by atoms with Gasteiger partial charge in [-0.2, -0.15) is 0 Å². The molecular weight excluding hydrogens is 168 g/mol. The van der Waals surface area contributed by atoms with Crippen molar-refractivity contribution >= 4 is 11.6 Å². The monoisotopic (exact) mass is 176 g/mol. The predicted molar refractivity (Wildman–Crippen MR) is 46.2 cm³/mol. The molecule has 2 N–H and O–H groups in total. The summed E-state index contributed by atoms with van der Waals surface area (Å²) < 4.78 is 1.54. The first-order valence-corrected chi connectivity index (χ1v) is 3.79. The summed E-state index contributed by atoms with van der Waals surface area (Å²) in [5, 5.41) is 3.90. The Morgan fingerprint density at radius 2 is 2.31 bits per heavy atom. The molecule has 0 atom stereocenters. The highest BCUT2D eigenvalue weighted by atomic mass is 16.1. The molecule has 2 rings (SSSR count). The van der Waals surface area contributed by atoms with Crippen molar-refractivity contribution in [2.45, 2.75) is 6.92 Å². The van der Waals surface area contributed by atoms with Crippen LogP contribution in [0.1, 0.15) is 16.2 Å². The van der Waals surface area contributed by atoms with Gasteiger partial charge < -0.3 is 5.73 Å². The first-order chi connectivity index (χ1) is 6.16. The average Bonchev–Trinajstić information content (AvgIpc) is 2.46. The molecule has 0 bridgehead atoms. The molecule has 0 aliphatic heterocycles. The van der Waals surface area contributed by atoms with Crippen molar-refractivity contribution in [1.82, 2.24) is 14.6 Å². The topological polar surface area (TPSA) is 73.3 Å². The summed E-state index contributed by atoms with van der Waals surface area (Å²) >= 11 is 0. The largest absolute Gasteiger partial charge is 0.363 e. The lowest BCUT2D eigenvalue weighted by atomic mass is 10.3. The van der Waals surface area contributed by atoms with Gasteiger partial charge in [0.2, 0.25) is 5.82 Å². The quantitative estimate of drug-likeness (QED) is 0.671. The van der Waals surface area contributed by atoms with Crippen LogP contribution in [0.2, 0.25) is 0 Å². The summed E-state index contributed by atoms with van der Waals surface area (Å²) in [6, 6.07) is 3.68. The van der Waals surface area contributed by atoms with Gasteiger partial charge in [0, 0.05) is 6.20 Å². The van der Waals surface area contributed by atoms with E-state index in [1.807, 2.05) is 13.0 Å². The van der Waals surface area contributed by atoms with E-state index in [1.165, 1.54) is 4.52 Å². The van der Waals surface area contributed by atoms with E-state index in [9.17, 15) is 4.79 Å². The molecule has 0 aromatic carbocycles. The third-order valence-corrected chi connectivity index (χ3v) is 1.70. The second-order valence-electron chi connectivity index (χ2n) is 2.81. The molecule has 0 unspecified atom stereocenters. The second-order valence-corrected chi connectivity index (χ2v) is 2.81. The van der Waals surface area contributed by atoms with Gasteiger partial charge in [-0.05, 0) is 18.6 Å². The van der Waals surface area contributed by atoms with Gasteiger partial charge in [0.1, 0.15) is 0 Å². The minimum absolute atomic E-state index is 0.0469. The van der Waals surface area contributed by atoms with Gasteiger partial charge in [-0.3, -0.25) is 4.79 Å². The molecule has 0 spiro atoms. The summed E-state index contributed by atoms with van der Waals surface area (Å²) in [5.41, 5.74) is 6.71. The smallest absolute Gasteiger partial charge is 0.288 e. The lowest BCUT2D eigenvalue weighted by molar-refractivity contribution is 0.0990. The molecule has 1 amide bonds. The predicted octanol–water partition coefficient (Wildman–Crippen LogP) is 0.137. The molecule has 0 saturated carbocycles. The van der Waals surface area contributed by atoms with E-state index in [1.54, 1.807) is 12.3 Å². The fourth-order valence-corrected chi connectivity index (χ4v) is 1.09. The molecule has 66 valence electrons. The maximum Gasteiger partial charge on any atom is 0.288 e. The Labute approximate surface area is 74.2 Å². The zero-order chi connectivity index (χ0) is 9.42. The van der Waals surface area contributed by atoms with Crippen molar-refractivity contribution in [3.8, 4) is 0 Å². The third-order valence-electron chi connectivity index (χ3n) is 1.70. The van der Waals surface area contributed by atoms with Crippen LogP contribution in [-0.2, 0) is 0 Å². The van der Waals surface area contributed by atoms with E-state index in [4.69, 9.17) is 5.73 Å². The fourth-order valence-electron chi connectivity index (χ4n) is 1.09. The maximum absolute atomic E-state index is 10.7. The van der Waals surface area contributed by atoms with Gasteiger partial charge in [0.15, 0.2) is 5.65 Å². The van der Waals surface area contributed by atoms with E-state index in [0.29, 0.717) is 5.65 Å². The van der Waals surface area contributed by atoms with Gasteiger partial charge in [0.05, 0.1) is 0 Å². The number of fused-ring (bicyclic) bond motifs is 1. The van der Waals surface area contributed by atoms with Gasteiger partial charge in [-0.25, -0.2) is 9.50 Å². The molecule has 0 aliphatic carbocycles. The summed E-state index contributed by atoms with van der Waals surface area (Å²) in [5.74, 6) is -0.563. The molecule has 0 saturated heterocycles. The molecular formula is C8H8N4O. The Bertz CT molecular complexity index is 474. The van der Waals surface area contributed by atoms with Crippen LogP contribution in [0, 0.1) is 6.92 Å². The van der Waals surface area contributed by atoms with Crippen LogP contribution in [0.4, 0.5) is 0 Å². The standard InChI is InChI=1S/C8H8N4O/c1-5-2-3-6-10-8(7(9)13)11-12(6)4-5/h2-4H,1H3,(H2,9,13). The highest BCUT2D eigenvalue weighted by Crippen LogP contribution is 2.03. The Morgan fingerprint density at radius 1 is 1.54 bits per heavy atom. The van der Waals surface area contributed by atoms with Crippen LogP contribution in [0.15, 0.2) is 18.3 Å². The van der Waals surface area contributed by atoms with Gasteiger partial charge in [0.25, 0.3) is 5.91 Å². The second kappa shape index (κ2) is 2.55. The van der Waals surface area contributed by atoms with Crippen molar-refractivity contribution in [3.63, 3.8) is 0 Å². The first-order valence-electron chi connectivity index (χ1n) is 3.79. The number of aryl methyl sites for hydroxylation is 1. The number of nitrogens with zero attached hydrogens (tertiary/aromatic N) is 3. The molecule has 5 heteroatoms. The number of carbonyl (C=O) groups is 1. The normalized spacial score (nSPS) is 10.5. The SMILES string of the molecule is Cc1ccc2nc(C(N)=O)nn2c1. The molecule has 13 heavy (non-hydrogen) atoms. The van der Waals surface area contributed by atoms with Crippen molar-refractivity contribution in [3.05, 3.63) is 29.7 Å². The molecule has 2 aromatic rings. The molecule has 0 radical (unpaired) electrons. The van der Waals surface area contributed by atoms with Crippen molar-refractivity contribution in [2.75, 3.05) is 0 Å². The number of nitrogens with two attached hydrogens (primary N) is 1. The van der Waals surface area contributed by atoms with E-state index < -0.39 is 5.91 Å². The van der Waals surface area contributed by atoms with Crippen LogP contribution >= 0.6 is 0 Å². The minimum Gasteiger partial charge on any atom is -0.363 e. The lowest BCUT2D eigenvalue weighted by Gasteiger charge is -1.91. The van der Waals surface area contributed by atoms with Crippen LogP contribution in [0.25, 0.3) is 5.65 Å². The van der Waals surface area contributed by atoms with Gasteiger partial charge >= 0.3 is 0 Å². The Morgan fingerprint density at radius 3 is 3.00 bits per heavy atom. The van der Waals surface area contributed by atoms with E-state index >= 15 is 0 Å². The maximum atomic E-state index is 10.7. The van der Waals surface area contributed by atoms with E-state index in [2.05, 4.69) is 10.1 Å². The lowest BCUT2D eigenvalue weighted by Crippen LogP contribution is -2.12. The van der Waals surface area contributed by atoms with Crippen molar-refractivity contribution in [1.29, 1.82) is 0 Å². The molecule has 2 aromatic heterocycles. The van der Waals surface area contributed by atoms with Crippen LogP contribution < -0.4 is 5.73 Å². The number of hydrogen-bond donors (Lipinski definition) is 1. The van der Waals surface area contributed by atoms with Crippen molar-refractivity contribution in [2.24, 2.45) is 5.73 Å². The summed E-state index contributed by atoms with van der Waals surface area (Å²) in [6.07, 6.45) is 1.79. The number of aromatic nitrogens is 3. The number of rotatable bonds is 1. The zero-order valence-corrected chi connectivity index (χ0v) is 7.06. The Kier molecular flexibility index (Phi) is 1.51. The Balaban J connectivity index is 2.68. The van der Waals surface area contributed by atoms with Crippen LogP contribution in [0.5, 0.6) is 0 Å². The molecule has 2 heterocycles. The van der Waals surface area contributed by atoms with Crippen LogP contribution in [0.3, 0.4) is 0 Å². The number of hydrogen-bond acceptors (Lipinski definition) is 3. The van der Waals surface area contributed by atoms with E-state index in [0.717, 1.165) is 5.56 Å². The number of pyridine rings is 1. The summed E-state index contributed by atoms with van der Waals surface area (Å²) in [7, 11) is 0. The van der Waals surface area contributed by atoms with Gasteiger partial charge in [-0.15, -0.1) is 5.10 Å². The number of primary amides is 1. The highest BCUT2D eigenvalue weighted by Gasteiger charge is 2.07. The van der Waals surface area contributed by atoms with Gasteiger partial charge in [-0.1, -0.05) is 6.07 Å². The minimum atomic E-state index is -0.610. The molecule has 0 fully saturated rings. The average molecular weight is 176 g/mol. The van der Waals surface area contributed by atoms with Crippen molar-refractivity contribution < 1.29 is 4.79 Å². The summed E-state index contributed by atoms with van der Waals surface area (Å²) in [4.78, 5) is 14.7. The fraction of sp³-hybridized carbons (Fsp3) is 0.125. The number of carbonyl (C=O) groups excluding carboxylic acids is 1. The third kappa shape index (κ3) is 1.24. The Hall–Kier alpha value is -1.91. The number of amides is 1. The van der Waals surface area contributed by atoms with E-state index in [-0.39, 0.29) is 5.82 Å². The first kappa shape index (κ1) is 7.72. The molecule has 0 aliphatic rings. The summed E-state index contributed by atoms with van der Waals surface area (Å²) in [6.45, 7) is 1.94. The zero-order valence-electron chi connectivity index (χ0n) is 7.06. The van der Waals surface area contributed by atoms with Crippen LogP contribution in [-0.4, -0.2) is 20.5 Å². The highest BCUT2D eigenvalue weighted by molar-refractivity contribution is 5.89. The molecule has 5 nitrogen and oxygen atoms in total.